The Morgan fingerprint density at radius 2 is 1.74 bits per heavy atom. The minimum atomic E-state index is -4.00. The number of nitrogens with one attached hydrogen (secondary N) is 1. The van der Waals surface area contributed by atoms with Crippen LogP contribution in [0.4, 0.5) is 0 Å². The average Bonchev–Trinajstić information content (AvgIpc) is 2.69. The Kier molecular flexibility index (Phi) is 5.76. The Bertz CT molecular complexity index is 954. The van der Waals surface area contributed by atoms with Crippen molar-refractivity contribution in [3.8, 4) is 5.75 Å². The maximum atomic E-state index is 12.5. The first-order valence-corrected chi connectivity index (χ1v) is 12.3. The number of primary sulfonamides is 1. The van der Waals surface area contributed by atoms with E-state index in [1.165, 1.54) is 57.8 Å². The monoisotopic (exact) mass is 450 g/mol. The van der Waals surface area contributed by atoms with Crippen LogP contribution < -0.4 is 15.2 Å². The van der Waals surface area contributed by atoms with E-state index in [0.29, 0.717) is 0 Å². The number of ether oxygens (including phenoxy) is 2. The van der Waals surface area contributed by atoms with Crippen LogP contribution in [-0.2, 0) is 19.6 Å². The summed E-state index contributed by atoms with van der Waals surface area (Å²) in [5.41, 5.74) is 0.0533. The van der Waals surface area contributed by atoms with Crippen molar-refractivity contribution in [2.75, 3.05) is 13.7 Å². The molecule has 0 saturated heterocycles. The molecule has 0 heterocycles. The molecule has 1 aromatic carbocycles. The number of nitrogens with two attached hydrogens (primary N) is 1. The Morgan fingerprint density at radius 1 is 1.16 bits per heavy atom. The zero-order valence-corrected chi connectivity index (χ0v) is 18.7. The first kappa shape index (κ1) is 22.1. The molecular weight excluding hydrogens is 420 g/mol. The van der Waals surface area contributed by atoms with Crippen LogP contribution in [-0.4, -0.2) is 40.1 Å². The maximum absolute atomic E-state index is 12.5. The molecule has 0 aliphatic heterocycles. The molecule has 1 amide bonds. The lowest BCUT2D eigenvalue weighted by atomic mass is 9.48. The number of carbonyl (C=O) groups is 2. The van der Waals surface area contributed by atoms with Gasteiger partial charge in [-0.15, -0.1) is 0 Å². The summed E-state index contributed by atoms with van der Waals surface area (Å²) < 4.78 is 33.4. The molecule has 9 heteroatoms. The number of carbonyl (C=O) groups excluding carboxylic acids is 2. The number of amides is 1. The number of hydrogen-bond acceptors (Lipinski definition) is 6. The van der Waals surface area contributed by atoms with Gasteiger partial charge in [0, 0.05) is 6.04 Å². The van der Waals surface area contributed by atoms with E-state index < -0.39 is 22.6 Å². The van der Waals surface area contributed by atoms with Gasteiger partial charge in [-0.1, -0.05) is 0 Å². The molecule has 4 aliphatic rings. The number of benzene rings is 1. The molecule has 0 radical (unpaired) electrons. The lowest BCUT2D eigenvalue weighted by Crippen LogP contribution is -2.56. The van der Waals surface area contributed by atoms with E-state index in [2.05, 4.69) is 12.2 Å². The van der Waals surface area contributed by atoms with Crippen LogP contribution >= 0.6 is 0 Å². The predicted octanol–water partition coefficient (Wildman–Crippen LogP) is 2.22. The summed E-state index contributed by atoms with van der Waals surface area (Å²) in [4.78, 5) is 24.8. The smallest absolute Gasteiger partial charge is 0.342 e. The Labute approximate surface area is 182 Å². The molecule has 8 nitrogen and oxygen atoms in total. The van der Waals surface area contributed by atoms with Gasteiger partial charge in [-0.05, 0) is 86.8 Å². The molecule has 4 bridgehead atoms. The molecule has 1 aromatic rings. The lowest BCUT2D eigenvalue weighted by molar-refractivity contribution is -0.128. The number of sulfonamides is 1. The molecule has 0 aromatic heterocycles. The van der Waals surface area contributed by atoms with Crippen LogP contribution in [0, 0.1) is 23.2 Å². The van der Waals surface area contributed by atoms with E-state index in [9.17, 15) is 18.0 Å². The van der Waals surface area contributed by atoms with Crippen molar-refractivity contribution >= 4 is 21.9 Å². The highest BCUT2D eigenvalue weighted by molar-refractivity contribution is 7.89. The van der Waals surface area contributed by atoms with Crippen LogP contribution in [0.3, 0.4) is 0 Å². The van der Waals surface area contributed by atoms with Crippen molar-refractivity contribution in [3.63, 3.8) is 0 Å². The Hall–Kier alpha value is -2.13. The SMILES string of the molecule is COc1ccc(S(N)(=O)=O)cc1C(=O)OCC(=O)NC(C)C12CC3CC(CC(C3)C1)C2. The van der Waals surface area contributed by atoms with E-state index in [1.54, 1.807) is 0 Å². The van der Waals surface area contributed by atoms with E-state index >= 15 is 0 Å². The average molecular weight is 451 g/mol. The molecule has 170 valence electrons. The predicted molar refractivity (Wildman–Crippen MR) is 113 cm³/mol. The lowest BCUT2D eigenvalue weighted by Gasteiger charge is -2.59. The van der Waals surface area contributed by atoms with Gasteiger partial charge in [-0.25, -0.2) is 18.4 Å². The molecule has 4 saturated carbocycles. The van der Waals surface area contributed by atoms with Gasteiger partial charge in [-0.2, -0.15) is 0 Å². The van der Waals surface area contributed by atoms with Crippen LogP contribution in [0.15, 0.2) is 23.1 Å². The highest BCUT2D eigenvalue weighted by atomic mass is 32.2. The second kappa shape index (κ2) is 8.09. The Balaban J connectivity index is 1.37. The second-order valence-corrected chi connectivity index (χ2v) is 11.1. The van der Waals surface area contributed by atoms with Crippen molar-refractivity contribution in [2.24, 2.45) is 28.3 Å². The topological polar surface area (TPSA) is 125 Å². The van der Waals surface area contributed by atoms with Crippen molar-refractivity contribution in [1.82, 2.24) is 5.32 Å². The molecule has 1 atom stereocenters. The van der Waals surface area contributed by atoms with E-state index in [1.807, 2.05) is 0 Å². The zero-order chi connectivity index (χ0) is 22.4. The standard InChI is InChI=1S/C22H30N2O6S/c1-13(22-9-14-5-15(10-22)7-16(6-14)11-22)24-20(25)12-30-21(26)18-8-17(31(23,27)28)3-4-19(18)29-2/h3-4,8,13-16H,5-7,9-12H2,1-2H3,(H,24,25)(H2,23,27,28). The van der Waals surface area contributed by atoms with Gasteiger partial charge in [0.1, 0.15) is 11.3 Å². The number of hydrogen-bond donors (Lipinski definition) is 2. The summed E-state index contributed by atoms with van der Waals surface area (Å²) in [6, 6.07) is 3.68. The van der Waals surface area contributed by atoms with Crippen molar-refractivity contribution in [2.45, 2.75) is 56.4 Å². The van der Waals surface area contributed by atoms with Crippen molar-refractivity contribution in [1.29, 1.82) is 0 Å². The first-order chi connectivity index (χ1) is 14.6. The summed E-state index contributed by atoms with van der Waals surface area (Å²) in [6.45, 7) is 1.61. The molecule has 3 N–H and O–H groups in total. The number of methoxy groups -OCH3 is 1. The van der Waals surface area contributed by atoms with Crippen LogP contribution in [0.25, 0.3) is 0 Å². The number of rotatable bonds is 7. The highest BCUT2D eigenvalue weighted by Gasteiger charge is 2.53. The van der Waals surface area contributed by atoms with Gasteiger partial charge < -0.3 is 14.8 Å². The summed E-state index contributed by atoms with van der Waals surface area (Å²) in [7, 11) is -2.65. The van der Waals surface area contributed by atoms with Gasteiger partial charge in [0.25, 0.3) is 5.91 Å². The fourth-order valence-corrected chi connectivity index (χ4v) is 6.92. The zero-order valence-electron chi connectivity index (χ0n) is 17.9. The van der Waals surface area contributed by atoms with Gasteiger partial charge in [0.05, 0.1) is 12.0 Å². The van der Waals surface area contributed by atoms with Crippen LogP contribution in [0.2, 0.25) is 0 Å². The molecule has 4 aliphatic carbocycles. The van der Waals surface area contributed by atoms with Crippen molar-refractivity contribution < 1.29 is 27.5 Å². The van der Waals surface area contributed by atoms with Crippen LogP contribution in [0.1, 0.15) is 55.8 Å². The Morgan fingerprint density at radius 3 is 2.26 bits per heavy atom. The quantitative estimate of drug-likeness (QED) is 0.614. The second-order valence-electron chi connectivity index (χ2n) is 9.55. The van der Waals surface area contributed by atoms with Gasteiger partial charge in [0.15, 0.2) is 6.61 Å². The number of esters is 1. The third kappa shape index (κ3) is 4.43. The molecule has 5 rings (SSSR count). The highest BCUT2D eigenvalue weighted by Crippen LogP contribution is 2.61. The van der Waals surface area contributed by atoms with Crippen molar-refractivity contribution in [3.05, 3.63) is 23.8 Å². The minimum absolute atomic E-state index is 0.0207. The molecule has 0 spiro atoms. The molecule has 4 fully saturated rings. The van der Waals surface area contributed by atoms with Crippen LogP contribution in [0.5, 0.6) is 5.75 Å². The summed E-state index contributed by atoms with van der Waals surface area (Å²) in [5.74, 6) is 1.27. The molecule has 31 heavy (non-hydrogen) atoms. The van der Waals surface area contributed by atoms with E-state index in [0.717, 1.165) is 23.8 Å². The third-order valence-electron chi connectivity index (χ3n) is 7.44. The summed E-state index contributed by atoms with van der Waals surface area (Å²) in [6.07, 6.45) is 7.48. The largest absolute Gasteiger partial charge is 0.496 e. The summed E-state index contributed by atoms with van der Waals surface area (Å²) >= 11 is 0. The van der Waals surface area contributed by atoms with Gasteiger partial charge in [0.2, 0.25) is 10.0 Å². The fourth-order valence-electron chi connectivity index (χ4n) is 6.38. The third-order valence-corrected chi connectivity index (χ3v) is 8.35. The minimum Gasteiger partial charge on any atom is -0.496 e. The molecular formula is C22H30N2O6S. The summed E-state index contributed by atoms with van der Waals surface area (Å²) in [5, 5.41) is 8.18. The fraction of sp³-hybridized carbons (Fsp3) is 0.636. The molecule has 1 unspecified atom stereocenters. The van der Waals surface area contributed by atoms with Gasteiger partial charge >= 0.3 is 5.97 Å². The maximum Gasteiger partial charge on any atom is 0.342 e. The normalized spacial score (nSPS) is 30.0. The van der Waals surface area contributed by atoms with E-state index in [4.69, 9.17) is 14.6 Å². The van der Waals surface area contributed by atoms with Gasteiger partial charge in [-0.3, -0.25) is 4.79 Å². The first-order valence-electron chi connectivity index (χ1n) is 10.8. The van der Waals surface area contributed by atoms with E-state index in [-0.39, 0.29) is 33.6 Å².